The van der Waals surface area contributed by atoms with Crippen LogP contribution in [0, 0.1) is 0 Å². The molecule has 1 heterocycles. The predicted molar refractivity (Wildman–Crippen MR) is 107 cm³/mol. The number of benzene rings is 1. The van der Waals surface area contributed by atoms with E-state index in [0.717, 1.165) is 37.1 Å². The lowest BCUT2D eigenvalue weighted by Crippen LogP contribution is -2.26. The van der Waals surface area contributed by atoms with E-state index in [1.165, 1.54) is 42.6 Å². The average molecular weight is 348 g/mol. The van der Waals surface area contributed by atoms with E-state index in [1.807, 2.05) is 17.8 Å². The summed E-state index contributed by atoms with van der Waals surface area (Å²) in [4.78, 5) is 6.08. The van der Waals surface area contributed by atoms with Gasteiger partial charge in [0, 0.05) is 28.3 Å². The Morgan fingerprint density at radius 1 is 1.08 bits per heavy atom. The highest BCUT2D eigenvalue weighted by Gasteiger charge is 2.32. The van der Waals surface area contributed by atoms with Crippen LogP contribution in [-0.2, 0) is 6.42 Å². The molecule has 1 aromatic rings. The maximum Gasteiger partial charge on any atom is 0.126 e. The molecule has 0 bridgehead atoms. The maximum absolute atomic E-state index is 10.6. The van der Waals surface area contributed by atoms with Gasteiger partial charge in [0.25, 0.3) is 0 Å². The topological polar surface area (TPSA) is 32.6 Å². The Labute approximate surface area is 152 Å². The van der Waals surface area contributed by atoms with E-state index in [-0.39, 0.29) is 4.75 Å². The van der Waals surface area contributed by atoms with Crippen LogP contribution in [-0.4, -0.2) is 22.1 Å². The first-order valence-electron chi connectivity index (χ1n) is 9.55. The Bertz CT molecular complexity index is 577. The number of aryl methyl sites for hydroxylation is 1. The molecule has 0 radical (unpaired) electrons. The van der Waals surface area contributed by atoms with E-state index in [9.17, 15) is 5.11 Å². The van der Waals surface area contributed by atoms with Crippen LogP contribution in [0.1, 0.15) is 83.8 Å². The van der Waals surface area contributed by atoms with Crippen LogP contribution < -0.4 is 0 Å². The number of nitrogens with zero attached hydrogens (tertiary/aromatic N) is 1. The molecule has 0 saturated heterocycles. The van der Waals surface area contributed by atoms with E-state index in [1.54, 1.807) is 0 Å². The summed E-state index contributed by atoms with van der Waals surface area (Å²) in [7, 11) is 0. The summed E-state index contributed by atoms with van der Waals surface area (Å²) in [6.45, 7) is 9.88. The number of unbranched alkanes of at least 4 members (excludes halogenated alkanes) is 4. The first kappa shape index (κ1) is 19.4. The largest absolute Gasteiger partial charge is 0.507 e. The summed E-state index contributed by atoms with van der Waals surface area (Å²) in [6.07, 6.45) is 9.24. The van der Waals surface area contributed by atoms with Crippen molar-refractivity contribution in [1.29, 1.82) is 0 Å². The highest BCUT2D eigenvalue weighted by atomic mass is 32.2. The number of thioether (sulfide) groups is 1. The lowest BCUT2D eigenvalue weighted by atomic mass is 9.95. The number of hydrogen-bond donors (Lipinski definition) is 1. The van der Waals surface area contributed by atoms with Crippen LogP contribution in [0.25, 0.3) is 0 Å². The fraction of sp³-hybridized carbons (Fsp3) is 0.667. The van der Waals surface area contributed by atoms with Crippen LogP contribution in [0.4, 0.5) is 0 Å². The first-order valence-corrected chi connectivity index (χ1v) is 10.4. The van der Waals surface area contributed by atoms with Crippen molar-refractivity contribution >= 4 is 17.5 Å². The van der Waals surface area contributed by atoms with E-state index in [0.29, 0.717) is 5.75 Å². The molecular weight excluding hydrogens is 314 g/mol. The molecule has 0 atom stereocenters. The summed E-state index contributed by atoms with van der Waals surface area (Å²) in [5, 5.41) is 10.6. The Morgan fingerprint density at radius 3 is 2.50 bits per heavy atom. The number of rotatable bonds is 8. The van der Waals surface area contributed by atoms with Gasteiger partial charge >= 0.3 is 0 Å². The molecule has 134 valence electrons. The monoisotopic (exact) mass is 347 g/mol. The molecule has 24 heavy (non-hydrogen) atoms. The van der Waals surface area contributed by atoms with Crippen LogP contribution >= 0.6 is 11.8 Å². The van der Waals surface area contributed by atoms with Crippen molar-refractivity contribution in [3.8, 4) is 5.75 Å². The van der Waals surface area contributed by atoms with E-state index in [4.69, 9.17) is 4.99 Å². The van der Waals surface area contributed by atoms with E-state index in [2.05, 4.69) is 33.8 Å². The molecule has 0 aliphatic carbocycles. The highest BCUT2D eigenvalue weighted by Crippen LogP contribution is 2.46. The fourth-order valence-corrected chi connectivity index (χ4v) is 4.63. The van der Waals surface area contributed by atoms with Crippen molar-refractivity contribution in [3.05, 3.63) is 23.3 Å². The zero-order chi connectivity index (χ0) is 17.6. The average Bonchev–Trinajstić information content (AvgIpc) is 2.50. The lowest BCUT2D eigenvalue weighted by molar-refractivity contribution is 0.470. The molecule has 1 aliphatic rings. The van der Waals surface area contributed by atoms with Gasteiger partial charge in [-0.15, -0.1) is 11.8 Å². The minimum absolute atomic E-state index is 0.144. The molecule has 1 aromatic carbocycles. The molecule has 0 fully saturated rings. The summed E-state index contributed by atoms with van der Waals surface area (Å²) >= 11 is 1.89. The standard InChI is InChI=1S/C21H33NOS/c1-5-7-9-11-16-13-18(23)20-17(22-12-10-8-6-2)15-21(3,4)24-19(20)14-16/h13-14,23H,5-12,15H2,1-4H3. The van der Waals surface area contributed by atoms with Crippen molar-refractivity contribution in [3.63, 3.8) is 0 Å². The van der Waals surface area contributed by atoms with Gasteiger partial charge in [-0.2, -0.15) is 0 Å². The zero-order valence-corrected chi connectivity index (χ0v) is 16.6. The first-order chi connectivity index (χ1) is 11.5. The van der Waals surface area contributed by atoms with Gasteiger partial charge in [0.05, 0.1) is 5.56 Å². The lowest BCUT2D eigenvalue weighted by Gasteiger charge is -2.32. The normalized spacial score (nSPS) is 17.9. The third kappa shape index (κ3) is 5.27. The number of phenols is 1. The van der Waals surface area contributed by atoms with Crippen LogP contribution in [0.5, 0.6) is 5.75 Å². The molecule has 0 saturated carbocycles. The Morgan fingerprint density at radius 2 is 1.79 bits per heavy atom. The van der Waals surface area contributed by atoms with Gasteiger partial charge < -0.3 is 5.11 Å². The Kier molecular flexibility index (Phi) is 7.21. The van der Waals surface area contributed by atoms with Gasteiger partial charge in [0.1, 0.15) is 5.75 Å². The van der Waals surface area contributed by atoms with Gasteiger partial charge in [-0.25, -0.2) is 0 Å². The van der Waals surface area contributed by atoms with Crippen molar-refractivity contribution in [1.82, 2.24) is 0 Å². The van der Waals surface area contributed by atoms with Gasteiger partial charge in [-0.05, 0) is 50.8 Å². The molecule has 0 spiro atoms. The predicted octanol–water partition coefficient (Wildman–Crippen LogP) is 6.38. The molecular formula is C21H33NOS. The third-order valence-corrected chi connectivity index (χ3v) is 5.78. The molecule has 3 heteroatoms. The number of aromatic hydroxyl groups is 1. The van der Waals surface area contributed by atoms with Crippen LogP contribution in [0.3, 0.4) is 0 Å². The number of aliphatic imine (C=N–C) groups is 1. The molecule has 0 amide bonds. The van der Waals surface area contributed by atoms with Crippen molar-refractivity contribution < 1.29 is 5.11 Å². The van der Waals surface area contributed by atoms with Gasteiger partial charge in [0.2, 0.25) is 0 Å². The second kappa shape index (κ2) is 8.94. The third-order valence-electron chi connectivity index (χ3n) is 4.54. The van der Waals surface area contributed by atoms with Gasteiger partial charge in [0.15, 0.2) is 0 Å². The van der Waals surface area contributed by atoms with Crippen LogP contribution in [0.2, 0.25) is 0 Å². The molecule has 2 rings (SSSR count). The number of hydrogen-bond acceptors (Lipinski definition) is 3. The van der Waals surface area contributed by atoms with E-state index >= 15 is 0 Å². The Balaban J connectivity index is 2.26. The van der Waals surface area contributed by atoms with Gasteiger partial charge in [-0.3, -0.25) is 4.99 Å². The second-order valence-corrected chi connectivity index (χ2v) is 9.27. The minimum Gasteiger partial charge on any atom is -0.507 e. The quantitative estimate of drug-likeness (QED) is 0.553. The zero-order valence-electron chi connectivity index (χ0n) is 15.8. The Hall–Kier alpha value is -0.960. The molecule has 2 nitrogen and oxygen atoms in total. The summed E-state index contributed by atoms with van der Waals surface area (Å²) < 4.78 is 0.144. The molecule has 1 aliphatic heterocycles. The van der Waals surface area contributed by atoms with Crippen molar-refractivity contribution in [2.45, 2.75) is 88.7 Å². The summed E-state index contributed by atoms with van der Waals surface area (Å²) in [5.41, 5.74) is 3.35. The summed E-state index contributed by atoms with van der Waals surface area (Å²) in [5.74, 6) is 0.427. The SMILES string of the molecule is CCCCCN=C1CC(C)(C)Sc2cc(CCCCC)cc(O)c21. The van der Waals surface area contributed by atoms with E-state index < -0.39 is 0 Å². The summed E-state index contributed by atoms with van der Waals surface area (Å²) in [6, 6.07) is 4.26. The van der Waals surface area contributed by atoms with Crippen molar-refractivity contribution in [2.75, 3.05) is 6.54 Å². The molecule has 0 unspecified atom stereocenters. The van der Waals surface area contributed by atoms with Crippen molar-refractivity contribution in [2.24, 2.45) is 4.99 Å². The fourth-order valence-electron chi connectivity index (χ4n) is 3.29. The van der Waals surface area contributed by atoms with Gasteiger partial charge in [-0.1, -0.05) is 39.5 Å². The number of fused-ring (bicyclic) bond motifs is 1. The van der Waals surface area contributed by atoms with Crippen LogP contribution in [0.15, 0.2) is 22.0 Å². The second-order valence-electron chi connectivity index (χ2n) is 7.52. The maximum atomic E-state index is 10.6. The molecule has 1 N–H and O–H groups in total. The molecule has 0 aromatic heterocycles. The number of phenolic OH excluding ortho intramolecular Hbond substituents is 1. The highest BCUT2D eigenvalue weighted by molar-refractivity contribution is 8.00. The minimum atomic E-state index is 0.144. The smallest absolute Gasteiger partial charge is 0.126 e.